The zero-order valence-corrected chi connectivity index (χ0v) is 32.1. The molecule has 4 aromatic carbocycles. The Bertz CT molecular complexity index is 1990. The second-order valence-electron chi connectivity index (χ2n) is 11.8. The normalized spacial score (nSPS) is 10.4. The number of benzene rings is 4. The van der Waals surface area contributed by atoms with Gasteiger partial charge in [-0.3, -0.25) is 19.6 Å². The minimum absolute atomic E-state index is 0. The van der Waals surface area contributed by atoms with Crippen molar-refractivity contribution in [2.45, 2.75) is 26.2 Å². The molecule has 0 aliphatic rings. The Morgan fingerprint density at radius 2 is 0.643 bits per heavy atom. The second-order valence-corrected chi connectivity index (χ2v) is 11.8. The average molecular weight is 838 g/mol. The summed E-state index contributed by atoms with van der Waals surface area (Å²) < 4.78 is 0. The van der Waals surface area contributed by atoms with Gasteiger partial charge in [0.15, 0.2) is 0 Å². The maximum atomic E-state index is 9.37. The molecule has 0 saturated carbocycles. The Labute approximate surface area is 341 Å². The third-order valence-electron chi connectivity index (χ3n) is 8.08. The molecule has 8 rings (SSSR count). The van der Waals surface area contributed by atoms with Gasteiger partial charge in [0.25, 0.3) is 0 Å². The molecular weight excluding hydrogens is 800 g/mol. The first-order chi connectivity index (χ1) is 26.5. The monoisotopic (exact) mass is 838 g/mol. The fraction of sp³-hybridized carbons (Fsp3) is 0.222. The van der Waals surface area contributed by atoms with Crippen molar-refractivity contribution < 1.29 is 44.4 Å². The molecule has 18 nitrogen and oxygen atoms in total. The van der Waals surface area contributed by atoms with Crippen molar-refractivity contribution in [3.63, 3.8) is 0 Å². The van der Waals surface area contributed by atoms with E-state index in [1.165, 1.54) is 9.82 Å². The first kappa shape index (κ1) is 44.7. The SMILES string of the molecule is OCCN(Cc1nc2ccccc2[nH]1)Cc1nc2ccccc2[nH]1.OCCN(Cc1nc2ccccc2[nH]1)Cc1nc2ccccc2[nH]1.[Fe+3].[Fe+3].[N-]=[N+]=[N-].[N-]=[N+]=[N-]. The number of para-hydroxylation sites is 8. The van der Waals surface area contributed by atoms with E-state index >= 15 is 0 Å². The van der Waals surface area contributed by atoms with Crippen LogP contribution in [0.4, 0.5) is 0 Å². The van der Waals surface area contributed by atoms with Crippen LogP contribution in [0.1, 0.15) is 23.3 Å². The second kappa shape index (κ2) is 23.2. The predicted octanol–water partition coefficient (Wildman–Crippen LogP) is 6.59. The quantitative estimate of drug-likeness (QED) is 0.0337. The van der Waals surface area contributed by atoms with Crippen molar-refractivity contribution in [3.8, 4) is 0 Å². The van der Waals surface area contributed by atoms with Gasteiger partial charge in [0.05, 0.1) is 83.5 Å². The molecule has 0 aliphatic carbocycles. The number of rotatable bonds is 12. The van der Waals surface area contributed by atoms with Crippen molar-refractivity contribution in [1.82, 2.24) is 49.7 Å². The van der Waals surface area contributed by atoms with Crippen molar-refractivity contribution in [2.75, 3.05) is 26.3 Å². The van der Waals surface area contributed by atoms with E-state index in [0.29, 0.717) is 39.3 Å². The first-order valence-electron chi connectivity index (χ1n) is 16.8. The van der Waals surface area contributed by atoms with Crippen LogP contribution in [0.5, 0.6) is 0 Å². The number of aromatic nitrogens is 8. The summed E-state index contributed by atoms with van der Waals surface area (Å²) in [6.45, 7) is 3.85. The zero-order chi connectivity index (χ0) is 38.1. The molecule has 286 valence electrons. The van der Waals surface area contributed by atoms with Crippen LogP contribution in [-0.4, -0.2) is 86.2 Å². The zero-order valence-electron chi connectivity index (χ0n) is 29.9. The van der Waals surface area contributed by atoms with Gasteiger partial charge in [-0.25, -0.2) is 19.9 Å². The molecule has 0 bridgehead atoms. The van der Waals surface area contributed by atoms with E-state index in [2.05, 4.69) is 49.7 Å². The maximum Gasteiger partial charge on any atom is 3.00 e. The van der Waals surface area contributed by atoms with E-state index in [9.17, 15) is 10.2 Å². The largest absolute Gasteiger partial charge is 3.00 e. The van der Waals surface area contributed by atoms with Gasteiger partial charge in [0.1, 0.15) is 23.3 Å². The van der Waals surface area contributed by atoms with Gasteiger partial charge in [-0.05, 0) is 48.5 Å². The fourth-order valence-corrected chi connectivity index (χ4v) is 5.88. The van der Waals surface area contributed by atoms with E-state index in [1.54, 1.807) is 0 Å². The van der Waals surface area contributed by atoms with E-state index in [-0.39, 0.29) is 47.4 Å². The number of aliphatic hydroxyl groups excluding tert-OH is 2. The number of fused-ring (bicyclic) bond motifs is 4. The van der Waals surface area contributed by atoms with Crippen molar-refractivity contribution >= 4 is 44.1 Å². The Morgan fingerprint density at radius 1 is 0.429 bits per heavy atom. The molecular formula is C36H38Fe2N16O2+4. The number of hydrogen-bond donors (Lipinski definition) is 6. The molecule has 2 radical (unpaired) electrons. The van der Waals surface area contributed by atoms with Crippen LogP contribution < -0.4 is 0 Å². The number of hydrogen-bond acceptors (Lipinski definition) is 8. The molecule has 20 heteroatoms. The number of imidazole rings is 4. The summed E-state index contributed by atoms with van der Waals surface area (Å²) in [6.07, 6.45) is 0. The summed E-state index contributed by atoms with van der Waals surface area (Å²) in [5, 5.41) is 18.7. The standard InChI is InChI=1S/2C18H19N5O.2Fe.2N3/c2*24-10-9-23(11-17-19-13-5-1-2-6-14(13)20-17)12-18-21-15-7-3-4-8-16(15)22-18;;;2*1-3-2/h2*1-8,24H,9-12H2,(H,19,20)(H,21,22);;;;/q;;2*+3;2*-1. The topological polar surface area (TPSA) is 279 Å². The van der Waals surface area contributed by atoms with E-state index < -0.39 is 0 Å². The van der Waals surface area contributed by atoms with Crippen LogP contribution in [0.15, 0.2) is 97.1 Å². The molecule has 56 heavy (non-hydrogen) atoms. The summed E-state index contributed by atoms with van der Waals surface area (Å²) >= 11 is 0. The minimum Gasteiger partial charge on any atom is -0.395 e. The number of nitrogens with one attached hydrogen (secondary N) is 4. The van der Waals surface area contributed by atoms with Crippen molar-refractivity contribution in [2.24, 2.45) is 0 Å². The van der Waals surface area contributed by atoms with Gasteiger partial charge in [-0.1, -0.05) is 48.5 Å². The van der Waals surface area contributed by atoms with Crippen LogP contribution in [-0.2, 0) is 60.3 Å². The fourth-order valence-electron chi connectivity index (χ4n) is 5.88. The Balaban J connectivity index is 0.000000256. The summed E-state index contributed by atoms with van der Waals surface area (Å²) in [5.74, 6) is 3.56. The molecule has 0 unspecified atom stereocenters. The molecule has 6 N–H and O–H groups in total. The third kappa shape index (κ3) is 12.7. The van der Waals surface area contributed by atoms with Crippen molar-refractivity contribution in [3.05, 3.63) is 152 Å². The first-order valence-corrected chi connectivity index (χ1v) is 16.8. The molecule has 0 atom stereocenters. The molecule has 0 amide bonds. The summed E-state index contributed by atoms with van der Waals surface area (Å²) in [4.78, 5) is 39.0. The Morgan fingerprint density at radius 3 is 0.839 bits per heavy atom. The van der Waals surface area contributed by atoms with Gasteiger partial charge in [0.2, 0.25) is 0 Å². The van der Waals surface area contributed by atoms with E-state index in [4.69, 9.17) is 22.1 Å². The Hall–Kier alpha value is -5.74. The number of aromatic amines is 4. The number of aliphatic hydroxyl groups is 2. The predicted molar refractivity (Wildman–Crippen MR) is 207 cm³/mol. The van der Waals surface area contributed by atoms with E-state index in [1.807, 2.05) is 97.1 Å². The summed E-state index contributed by atoms with van der Waals surface area (Å²) in [7, 11) is 0. The molecule has 4 aromatic heterocycles. The summed E-state index contributed by atoms with van der Waals surface area (Å²) in [5.41, 5.74) is 34.9. The molecule has 0 aliphatic heterocycles. The molecule has 8 aromatic rings. The van der Waals surface area contributed by atoms with Gasteiger partial charge >= 0.3 is 34.1 Å². The van der Waals surface area contributed by atoms with Crippen LogP contribution in [0.25, 0.3) is 76.1 Å². The van der Waals surface area contributed by atoms with Crippen LogP contribution in [0.3, 0.4) is 0 Å². The smallest absolute Gasteiger partial charge is 0.395 e. The van der Waals surface area contributed by atoms with Crippen LogP contribution >= 0.6 is 0 Å². The van der Waals surface area contributed by atoms with Crippen molar-refractivity contribution in [1.29, 1.82) is 0 Å². The average Bonchev–Trinajstić information content (AvgIpc) is 3.96. The van der Waals surface area contributed by atoms with Crippen LogP contribution in [0, 0.1) is 0 Å². The van der Waals surface area contributed by atoms with Gasteiger partial charge in [0, 0.05) is 13.1 Å². The number of H-pyrrole nitrogens is 4. The molecule has 0 spiro atoms. The third-order valence-corrected chi connectivity index (χ3v) is 8.08. The van der Waals surface area contributed by atoms with Gasteiger partial charge < -0.3 is 52.3 Å². The minimum atomic E-state index is 0. The number of nitrogens with zero attached hydrogens (tertiary/aromatic N) is 12. The van der Waals surface area contributed by atoms with Crippen LogP contribution in [0.2, 0.25) is 0 Å². The molecule has 4 heterocycles. The Kier molecular flexibility index (Phi) is 18.5. The van der Waals surface area contributed by atoms with E-state index in [0.717, 1.165) is 67.4 Å². The maximum absolute atomic E-state index is 9.37. The molecule has 0 saturated heterocycles. The van der Waals surface area contributed by atoms with Gasteiger partial charge in [-0.15, -0.1) is 0 Å². The van der Waals surface area contributed by atoms with Gasteiger partial charge in [-0.2, -0.15) is 0 Å². The molecule has 0 fully saturated rings. The summed E-state index contributed by atoms with van der Waals surface area (Å²) in [6, 6.07) is 31.9.